The van der Waals surface area contributed by atoms with Gasteiger partial charge in [-0.1, -0.05) is 19.4 Å². The standard InChI is InChI=1S/C16H21BrN2OS/c1-4-6-13(15-7-5-8-21-15)18-16(20)14-9-12(17)10-19(14)11(2)3/h5,7-11,13H,4,6H2,1-3H3,(H,18,20). The maximum atomic E-state index is 12.6. The van der Waals surface area contributed by atoms with Crippen LogP contribution < -0.4 is 5.32 Å². The Balaban J connectivity index is 2.19. The molecule has 1 unspecified atom stereocenters. The summed E-state index contributed by atoms with van der Waals surface area (Å²) in [6, 6.07) is 6.35. The number of carbonyl (C=O) groups is 1. The monoisotopic (exact) mass is 368 g/mol. The highest BCUT2D eigenvalue weighted by Gasteiger charge is 2.19. The molecule has 1 atom stereocenters. The van der Waals surface area contributed by atoms with Gasteiger partial charge in [-0.15, -0.1) is 11.3 Å². The third kappa shape index (κ3) is 3.98. The largest absolute Gasteiger partial charge is 0.343 e. The number of hydrogen-bond acceptors (Lipinski definition) is 2. The number of nitrogens with zero attached hydrogens (tertiary/aromatic N) is 1. The molecule has 2 aromatic rings. The molecule has 114 valence electrons. The Bertz CT molecular complexity index is 589. The van der Waals surface area contributed by atoms with Crippen molar-refractivity contribution in [2.45, 2.75) is 45.7 Å². The van der Waals surface area contributed by atoms with Gasteiger partial charge in [0, 0.05) is 21.6 Å². The summed E-state index contributed by atoms with van der Waals surface area (Å²) in [7, 11) is 0. The first-order valence-corrected chi connectivity index (χ1v) is 8.91. The van der Waals surface area contributed by atoms with Crippen LogP contribution >= 0.6 is 27.3 Å². The fraction of sp³-hybridized carbons (Fsp3) is 0.438. The number of aromatic nitrogens is 1. The van der Waals surface area contributed by atoms with Gasteiger partial charge >= 0.3 is 0 Å². The molecule has 0 spiro atoms. The van der Waals surface area contributed by atoms with Gasteiger partial charge in [0.05, 0.1) is 6.04 Å². The van der Waals surface area contributed by atoms with E-state index in [0.717, 1.165) is 17.3 Å². The van der Waals surface area contributed by atoms with Crippen molar-refractivity contribution in [3.8, 4) is 0 Å². The van der Waals surface area contributed by atoms with Gasteiger partial charge in [0.15, 0.2) is 0 Å². The molecule has 2 rings (SSSR count). The highest BCUT2D eigenvalue weighted by atomic mass is 79.9. The van der Waals surface area contributed by atoms with Crippen LogP contribution in [-0.4, -0.2) is 10.5 Å². The first kappa shape index (κ1) is 16.3. The van der Waals surface area contributed by atoms with Crippen LogP contribution in [0.1, 0.15) is 61.1 Å². The molecular weight excluding hydrogens is 348 g/mol. The van der Waals surface area contributed by atoms with Crippen molar-refractivity contribution in [1.82, 2.24) is 9.88 Å². The molecule has 0 saturated heterocycles. The average Bonchev–Trinajstić information content (AvgIpc) is 3.06. The SMILES string of the molecule is CCCC(NC(=O)c1cc(Br)cn1C(C)C)c1cccs1. The Morgan fingerprint density at radius 1 is 1.48 bits per heavy atom. The van der Waals surface area contributed by atoms with E-state index in [4.69, 9.17) is 0 Å². The van der Waals surface area contributed by atoms with Gasteiger partial charge in [-0.25, -0.2) is 0 Å². The summed E-state index contributed by atoms with van der Waals surface area (Å²) >= 11 is 5.15. The predicted molar refractivity (Wildman–Crippen MR) is 92.0 cm³/mol. The maximum Gasteiger partial charge on any atom is 0.268 e. The lowest BCUT2D eigenvalue weighted by molar-refractivity contribution is 0.0924. The lowest BCUT2D eigenvalue weighted by atomic mass is 10.1. The third-order valence-electron chi connectivity index (χ3n) is 3.37. The number of thiophene rings is 1. The van der Waals surface area contributed by atoms with Crippen LogP contribution in [0.15, 0.2) is 34.2 Å². The van der Waals surface area contributed by atoms with Crippen molar-refractivity contribution < 1.29 is 4.79 Å². The average molecular weight is 369 g/mol. The van der Waals surface area contributed by atoms with Gasteiger partial charge in [0.2, 0.25) is 0 Å². The van der Waals surface area contributed by atoms with Gasteiger partial charge in [-0.3, -0.25) is 4.79 Å². The normalized spacial score (nSPS) is 12.6. The van der Waals surface area contributed by atoms with Crippen LogP contribution in [0.5, 0.6) is 0 Å². The highest BCUT2D eigenvalue weighted by Crippen LogP contribution is 2.25. The van der Waals surface area contributed by atoms with Crippen molar-refractivity contribution >= 4 is 33.2 Å². The molecule has 0 aliphatic carbocycles. The molecular formula is C16H21BrN2OS. The van der Waals surface area contributed by atoms with E-state index in [0.29, 0.717) is 5.69 Å². The predicted octanol–water partition coefficient (Wildman–Crippen LogP) is 5.16. The number of hydrogen-bond donors (Lipinski definition) is 1. The first-order valence-electron chi connectivity index (χ1n) is 7.24. The van der Waals surface area contributed by atoms with Crippen LogP contribution in [0.4, 0.5) is 0 Å². The second-order valence-corrected chi connectivity index (χ2v) is 7.27. The Labute approximate surface area is 138 Å². The molecule has 2 heterocycles. The van der Waals surface area contributed by atoms with Crippen molar-refractivity contribution in [2.75, 3.05) is 0 Å². The molecule has 1 amide bonds. The Hall–Kier alpha value is -1.07. The minimum atomic E-state index is -0.0127. The fourth-order valence-corrected chi connectivity index (χ4v) is 3.60. The van der Waals surface area contributed by atoms with E-state index < -0.39 is 0 Å². The molecule has 0 aliphatic heterocycles. The number of carbonyl (C=O) groups excluding carboxylic acids is 1. The quantitative estimate of drug-likeness (QED) is 0.749. The van der Waals surface area contributed by atoms with E-state index in [2.05, 4.69) is 53.5 Å². The molecule has 0 bridgehead atoms. The second kappa shape index (κ2) is 7.27. The first-order chi connectivity index (χ1) is 10.0. The summed E-state index contributed by atoms with van der Waals surface area (Å²) in [5.41, 5.74) is 0.703. The molecule has 5 heteroatoms. The molecule has 2 aromatic heterocycles. The van der Waals surface area contributed by atoms with E-state index in [1.807, 2.05) is 22.9 Å². The molecule has 21 heavy (non-hydrogen) atoms. The molecule has 3 nitrogen and oxygen atoms in total. The van der Waals surface area contributed by atoms with Crippen LogP contribution in [0.2, 0.25) is 0 Å². The zero-order valence-corrected chi connectivity index (χ0v) is 15.0. The third-order valence-corrected chi connectivity index (χ3v) is 4.79. The number of rotatable bonds is 6. The zero-order chi connectivity index (χ0) is 15.4. The molecule has 0 aliphatic rings. The van der Waals surface area contributed by atoms with E-state index in [1.54, 1.807) is 11.3 Å². The Morgan fingerprint density at radius 2 is 2.24 bits per heavy atom. The number of halogens is 1. The Kier molecular flexibility index (Phi) is 5.65. The summed E-state index contributed by atoms with van der Waals surface area (Å²) in [4.78, 5) is 13.8. The van der Waals surface area contributed by atoms with Crippen molar-refractivity contribution in [1.29, 1.82) is 0 Å². The maximum absolute atomic E-state index is 12.6. The van der Waals surface area contributed by atoms with E-state index in [-0.39, 0.29) is 18.0 Å². The Morgan fingerprint density at radius 3 is 2.81 bits per heavy atom. The van der Waals surface area contributed by atoms with Crippen LogP contribution in [0.25, 0.3) is 0 Å². The van der Waals surface area contributed by atoms with Crippen LogP contribution in [-0.2, 0) is 0 Å². The van der Waals surface area contributed by atoms with Gasteiger partial charge in [-0.2, -0.15) is 0 Å². The summed E-state index contributed by atoms with van der Waals surface area (Å²) in [6.07, 6.45) is 3.95. The topological polar surface area (TPSA) is 34.0 Å². The summed E-state index contributed by atoms with van der Waals surface area (Å²) in [5, 5.41) is 5.23. The van der Waals surface area contributed by atoms with E-state index in [9.17, 15) is 4.79 Å². The van der Waals surface area contributed by atoms with Crippen molar-refractivity contribution in [3.05, 3.63) is 44.8 Å². The smallest absolute Gasteiger partial charge is 0.268 e. The molecule has 0 radical (unpaired) electrons. The van der Waals surface area contributed by atoms with Gasteiger partial charge in [0.25, 0.3) is 5.91 Å². The zero-order valence-electron chi connectivity index (χ0n) is 12.6. The fourth-order valence-electron chi connectivity index (χ4n) is 2.35. The minimum absolute atomic E-state index is 0.0127. The second-order valence-electron chi connectivity index (χ2n) is 5.37. The molecule has 0 saturated carbocycles. The molecule has 0 aromatic carbocycles. The van der Waals surface area contributed by atoms with Crippen LogP contribution in [0, 0.1) is 0 Å². The number of nitrogens with one attached hydrogen (secondary N) is 1. The van der Waals surface area contributed by atoms with Crippen molar-refractivity contribution in [2.24, 2.45) is 0 Å². The molecule has 1 N–H and O–H groups in total. The number of amides is 1. The van der Waals surface area contributed by atoms with E-state index in [1.165, 1.54) is 4.88 Å². The minimum Gasteiger partial charge on any atom is -0.343 e. The highest BCUT2D eigenvalue weighted by molar-refractivity contribution is 9.10. The van der Waals surface area contributed by atoms with Gasteiger partial charge in [0.1, 0.15) is 5.69 Å². The summed E-state index contributed by atoms with van der Waals surface area (Å²) in [6.45, 7) is 6.29. The van der Waals surface area contributed by atoms with Gasteiger partial charge in [-0.05, 0) is 53.7 Å². The van der Waals surface area contributed by atoms with Gasteiger partial charge < -0.3 is 9.88 Å². The van der Waals surface area contributed by atoms with E-state index >= 15 is 0 Å². The van der Waals surface area contributed by atoms with Crippen LogP contribution in [0.3, 0.4) is 0 Å². The summed E-state index contributed by atoms with van der Waals surface area (Å²) < 4.78 is 2.93. The summed E-state index contributed by atoms with van der Waals surface area (Å²) in [5.74, 6) is -0.0127. The van der Waals surface area contributed by atoms with Crippen molar-refractivity contribution in [3.63, 3.8) is 0 Å². The lowest BCUT2D eigenvalue weighted by Crippen LogP contribution is -2.30. The lowest BCUT2D eigenvalue weighted by Gasteiger charge is -2.18. The molecule has 0 fully saturated rings.